The number of rotatable bonds is 4. The molecule has 2 saturated carbocycles. The van der Waals surface area contributed by atoms with E-state index in [9.17, 15) is 14.0 Å². The van der Waals surface area contributed by atoms with E-state index >= 15 is 0 Å². The standard InChI is InChI=1S/C17H20FNO3/c18-14-4-2-1-3-13(14)17(9-10-17)16(22)19-12-7-5-11(6-8-12)15(20)21/h1-4,11-12H,5-10H2,(H,19,22)(H,20,21). The number of nitrogens with one attached hydrogen (secondary N) is 1. The molecule has 1 amide bonds. The fraction of sp³-hybridized carbons (Fsp3) is 0.529. The van der Waals surface area contributed by atoms with Crippen molar-refractivity contribution in [2.24, 2.45) is 5.92 Å². The third-order valence-corrected chi connectivity index (χ3v) is 4.99. The van der Waals surface area contributed by atoms with Gasteiger partial charge in [-0.3, -0.25) is 9.59 Å². The number of hydrogen-bond acceptors (Lipinski definition) is 2. The van der Waals surface area contributed by atoms with Crippen LogP contribution in [0.5, 0.6) is 0 Å². The summed E-state index contributed by atoms with van der Waals surface area (Å²) in [5.74, 6) is -1.49. The van der Waals surface area contributed by atoms with Crippen molar-refractivity contribution in [2.45, 2.75) is 50.0 Å². The average molecular weight is 305 g/mol. The second kappa shape index (κ2) is 5.71. The number of carboxylic acid groups (broad SMARTS) is 1. The molecule has 0 aromatic heterocycles. The molecule has 0 unspecified atom stereocenters. The molecule has 22 heavy (non-hydrogen) atoms. The van der Waals surface area contributed by atoms with Crippen molar-refractivity contribution in [1.29, 1.82) is 0 Å². The molecule has 1 aromatic carbocycles. The Bertz CT molecular complexity index is 589. The molecule has 118 valence electrons. The van der Waals surface area contributed by atoms with Crippen LogP contribution < -0.4 is 5.32 Å². The number of carbonyl (C=O) groups excluding carboxylic acids is 1. The molecule has 0 spiro atoms. The highest BCUT2D eigenvalue weighted by Crippen LogP contribution is 2.49. The topological polar surface area (TPSA) is 66.4 Å². The molecule has 4 nitrogen and oxygen atoms in total. The maximum absolute atomic E-state index is 14.0. The molecule has 2 fully saturated rings. The molecular formula is C17H20FNO3. The number of carbonyl (C=O) groups is 2. The van der Waals surface area contributed by atoms with Gasteiger partial charge in [0.2, 0.25) is 5.91 Å². The fourth-order valence-corrected chi connectivity index (χ4v) is 3.40. The molecule has 2 aliphatic carbocycles. The summed E-state index contributed by atoms with van der Waals surface area (Å²) in [5.41, 5.74) is -0.235. The van der Waals surface area contributed by atoms with Gasteiger partial charge in [0.25, 0.3) is 0 Å². The molecule has 0 radical (unpaired) electrons. The van der Waals surface area contributed by atoms with Gasteiger partial charge in [-0.2, -0.15) is 0 Å². The van der Waals surface area contributed by atoms with E-state index < -0.39 is 11.4 Å². The molecule has 0 heterocycles. The molecule has 0 aliphatic heterocycles. The van der Waals surface area contributed by atoms with Crippen LogP contribution >= 0.6 is 0 Å². The first-order valence-electron chi connectivity index (χ1n) is 7.82. The maximum atomic E-state index is 14.0. The van der Waals surface area contributed by atoms with Crippen molar-refractivity contribution in [3.05, 3.63) is 35.6 Å². The van der Waals surface area contributed by atoms with Gasteiger partial charge in [0, 0.05) is 11.6 Å². The highest BCUT2D eigenvalue weighted by Gasteiger charge is 2.53. The lowest BCUT2D eigenvalue weighted by atomic mass is 9.85. The van der Waals surface area contributed by atoms with E-state index in [2.05, 4.69) is 5.32 Å². The Balaban J connectivity index is 1.64. The molecule has 2 aliphatic rings. The summed E-state index contributed by atoms with van der Waals surface area (Å²) in [6.45, 7) is 0. The summed E-state index contributed by atoms with van der Waals surface area (Å²) in [6.07, 6.45) is 3.88. The van der Waals surface area contributed by atoms with Gasteiger partial charge in [0.1, 0.15) is 5.82 Å². The van der Waals surface area contributed by atoms with Gasteiger partial charge in [-0.15, -0.1) is 0 Å². The Labute approximate surface area is 128 Å². The molecule has 0 bridgehead atoms. The van der Waals surface area contributed by atoms with Crippen LogP contribution in [-0.4, -0.2) is 23.0 Å². The average Bonchev–Trinajstić information content (AvgIpc) is 3.30. The van der Waals surface area contributed by atoms with Gasteiger partial charge in [-0.1, -0.05) is 18.2 Å². The van der Waals surface area contributed by atoms with Gasteiger partial charge in [0.05, 0.1) is 11.3 Å². The molecule has 0 atom stereocenters. The van der Waals surface area contributed by atoms with Gasteiger partial charge in [0.15, 0.2) is 0 Å². The normalized spacial score (nSPS) is 26.2. The summed E-state index contributed by atoms with van der Waals surface area (Å²) < 4.78 is 14.0. The SMILES string of the molecule is O=C(O)C1CCC(NC(=O)C2(c3ccccc3F)CC2)CC1. The molecule has 5 heteroatoms. The van der Waals surface area contributed by atoms with E-state index in [-0.39, 0.29) is 23.7 Å². The molecular weight excluding hydrogens is 285 g/mol. The van der Waals surface area contributed by atoms with Crippen molar-refractivity contribution >= 4 is 11.9 Å². The van der Waals surface area contributed by atoms with Crippen LogP contribution in [-0.2, 0) is 15.0 Å². The van der Waals surface area contributed by atoms with Crippen LogP contribution in [0.25, 0.3) is 0 Å². The molecule has 3 rings (SSSR count). The van der Waals surface area contributed by atoms with Crippen LogP contribution in [0.4, 0.5) is 4.39 Å². The van der Waals surface area contributed by atoms with E-state index in [0.717, 1.165) is 0 Å². The first-order chi connectivity index (χ1) is 10.5. The zero-order valence-corrected chi connectivity index (χ0v) is 12.3. The lowest BCUT2D eigenvalue weighted by Gasteiger charge is -2.28. The van der Waals surface area contributed by atoms with E-state index in [1.807, 2.05) is 0 Å². The van der Waals surface area contributed by atoms with Gasteiger partial charge >= 0.3 is 5.97 Å². The van der Waals surface area contributed by atoms with Gasteiger partial charge < -0.3 is 10.4 Å². The monoisotopic (exact) mass is 305 g/mol. The quantitative estimate of drug-likeness (QED) is 0.898. The highest BCUT2D eigenvalue weighted by atomic mass is 19.1. The largest absolute Gasteiger partial charge is 0.481 e. The van der Waals surface area contributed by atoms with Crippen LogP contribution in [0.3, 0.4) is 0 Å². The first kappa shape index (κ1) is 15.0. The lowest BCUT2D eigenvalue weighted by Crippen LogP contribution is -2.44. The highest BCUT2D eigenvalue weighted by molar-refractivity contribution is 5.91. The number of carboxylic acids is 1. The molecule has 1 aromatic rings. The van der Waals surface area contributed by atoms with E-state index in [4.69, 9.17) is 5.11 Å². The summed E-state index contributed by atoms with van der Waals surface area (Å²) in [4.78, 5) is 23.5. The fourth-order valence-electron chi connectivity index (χ4n) is 3.40. The first-order valence-corrected chi connectivity index (χ1v) is 7.82. The minimum absolute atomic E-state index is 0.00680. The van der Waals surface area contributed by atoms with E-state index in [1.165, 1.54) is 6.07 Å². The third kappa shape index (κ3) is 2.72. The Kier molecular flexibility index (Phi) is 3.89. The third-order valence-electron chi connectivity index (χ3n) is 4.99. The van der Waals surface area contributed by atoms with E-state index in [1.54, 1.807) is 18.2 Å². The Morgan fingerprint density at radius 1 is 1.14 bits per heavy atom. The minimum Gasteiger partial charge on any atom is -0.481 e. The van der Waals surface area contributed by atoms with Crippen molar-refractivity contribution in [2.75, 3.05) is 0 Å². The number of benzene rings is 1. The van der Waals surface area contributed by atoms with Crippen LogP contribution in [0, 0.1) is 11.7 Å². The van der Waals surface area contributed by atoms with Gasteiger partial charge in [-0.05, 0) is 44.6 Å². The Morgan fingerprint density at radius 2 is 1.77 bits per heavy atom. The van der Waals surface area contributed by atoms with Crippen molar-refractivity contribution in [3.63, 3.8) is 0 Å². The van der Waals surface area contributed by atoms with Gasteiger partial charge in [-0.25, -0.2) is 4.39 Å². The maximum Gasteiger partial charge on any atom is 0.306 e. The molecule has 2 N–H and O–H groups in total. The summed E-state index contributed by atoms with van der Waals surface area (Å²) >= 11 is 0. The smallest absolute Gasteiger partial charge is 0.306 e. The van der Waals surface area contributed by atoms with Crippen molar-refractivity contribution in [3.8, 4) is 0 Å². The van der Waals surface area contributed by atoms with Crippen molar-refractivity contribution in [1.82, 2.24) is 5.32 Å². The van der Waals surface area contributed by atoms with E-state index in [0.29, 0.717) is 44.1 Å². The lowest BCUT2D eigenvalue weighted by molar-refractivity contribution is -0.142. The zero-order chi connectivity index (χ0) is 15.7. The van der Waals surface area contributed by atoms with Crippen LogP contribution in [0.15, 0.2) is 24.3 Å². The predicted molar refractivity (Wildman–Crippen MR) is 78.8 cm³/mol. The number of halogens is 1. The Hall–Kier alpha value is -1.91. The van der Waals surface area contributed by atoms with Crippen molar-refractivity contribution < 1.29 is 19.1 Å². The summed E-state index contributed by atoms with van der Waals surface area (Å²) in [7, 11) is 0. The number of aliphatic carboxylic acids is 1. The number of amides is 1. The summed E-state index contributed by atoms with van der Waals surface area (Å²) in [6, 6.07) is 6.46. The number of hydrogen-bond donors (Lipinski definition) is 2. The molecule has 0 saturated heterocycles. The zero-order valence-electron chi connectivity index (χ0n) is 12.3. The second-order valence-corrected chi connectivity index (χ2v) is 6.42. The predicted octanol–water partition coefficient (Wildman–Crippen LogP) is 2.62. The second-order valence-electron chi connectivity index (χ2n) is 6.42. The Morgan fingerprint density at radius 3 is 2.32 bits per heavy atom. The van der Waals surface area contributed by atoms with Crippen LogP contribution in [0.2, 0.25) is 0 Å². The minimum atomic E-state index is -0.755. The summed E-state index contributed by atoms with van der Waals surface area (Å²) in [5, 5.41) is 12.0. The van der Waals surface area contributed by atoms with Crippen LogP contribution in [0.1, 0.15) is 44.1 Å².